The number of ether oxygens (including phenoxy) is 2. The summed E-state index contributed by atoms with van der Waals surface area (Å²) in [5.41, 5.74) is 2.49. The number of fused-ring (bicyclic) bond motifs is 3. The Morgan fingerprint density at radius 1 is 1.09 bits per heavy atom. The Hall–Kier alpha value is -3.82. The molecule has 0 amide bonds. The Bertz CT molecular complexity index is 1400. The molecule has 6 rings (SSSR count). The molecule has 3 aromatic heterocycles. The number of anilines is 1. The van der Waals surface area contributed by atoms with Crippen molar-refractivity contribution < 1.29 is 22.6 Å². The number of aromatic nitrogens is 4. The van der Waals surface area contributed by atoms with E-state index in [9.17, 15) is 13.2 Å². The van der Waals surface area contributed by atoms with E-state index in [1.54, 1.807) is 35.6 Å². The lowest BCUT2D eigenvalue weighted by Gasteiger charge is -2.17. The van der Waals surface area contributed by atoms with Gasteiger partial charge in [-0.25, -0.2) is 13.2 Å². The molecule has 0 bridgehead atoms. The van der Waals surface area contributed by atoms with Gasteiger partial charge in [-0.2, -0.15) is 0 Å². The molecule has 5 heterocycles. The molecule has 0 aliphatic carbocycles. The number of nitrogens with one attached hydrogen (secondary N) is 1. The van der Waals surface area contributed by atoms with Gasteiger partial charge in [-0.1, -0.05) is 6.07 Å². The minimum Gasteiger partial charge on any atom is -0.493 e. The lowest BCUT2D eigenvalue weighted by atomic mass is 9.96. The number of rotatable bonds is 2. The predicted octanol–water partition coefficient (Wildman–Crippen LogP) is 4.66. The number of halogens is 3. The summed E-state index contributed by atoms with van der Waals surface area (Å²) in [5, 5.41) is 11.4. The zero-order valence-electron chi connectivity index (χ0n) is 17.5. The van der Waals surface area contributed by atoms with Gasteiger partial charge in [0.2, 0.25) is 0 Å². The van der Waals surface area contributed by atoms with Gasteiger partial charge in [0.15, 0.2) is 17.2 Å². The molecule has 1 aromatic carbocycles. The van der Waals surface area contributed by atoms with Crippen LogP contribution >= 0.6 is 0 Å². The highest BCUT2D eigenvalue weighted by molar-refractivity contribution is 5.83. The Balaban J connectivity index is 1.53. The van der Waals surface area contributed by atoms with E-state index < -0.39 is 6.43 Å². The van der Waals surface area contributed by atoms with Crippen LogP contribution in [-0.2, 0) is 6.54 Å². The second-order valence-corrected chi connectivity index (χ2v) is 8.09. The third-order valence-electron chi connectivity index (χ3n) is 6.08. The summed E-state index contributed by atoms with van der Waals surface area (Å²) >= 11 is 0. The number of alkyl halides is 2. The van der Waals surface area contributed by atoms with Crippen molar-refractivity contribution in [1.82, 2.24) is 19.6 Å². The van der Waals surface area contributed by atoms with Crippen molar-refractivity contribution in [3.8, 4) is 22.6 Å². The minimum absolute atomic E-state index is 0.156. The highest BCUT2D eigenvalue weighted by atomic mass is 19.3. The fourth-order valence-electron chi connectivity index (χ4n) is 4.55. The molecule has 0 spiro atoms. The summed E-state index contributed by atoms with van der Waals surface area (Å²) < 4.78 is 55.9. The zero-order chi connectivity index (χ0) is 22.7. The van der Waals surface area contributed by atoms with E-state index in [1.807, 2.05) is 0 Å². The van der Waals surface area contributed by atoms with E-state index in [0.717, 1.165) is 5.56 Å². The molecule has 0 radical (unpaired) electrons. The average Bonchev–Trinajstić information content (AvgIpc) is 3.45. The maximum Gasteiger partial charge on any atom is 0.280 e. The fraction of sp³-hybridized carbons (Fsp3) is 0.261. The topological polar surface area (TPSA) is 73.6 Å². The van der Waals surface area contributed by atoms with Gasteiger partial charge in [0, 0.05) is 34.5 Å². The van der Waals surface area contributed by atoms with Crippen molar-refractivity contribution in [1.29, 1.82) is 0 Å². The van der Waals surface area contributed by atoms with Crippen LogP contribution in [0.1, 0.15) is 34.9 Å². The first-order valence-corrected chi connectivity index (χ1v) is 10.4. The van der Waals surface area contributed by atoms with Gasteiger partial charge in [-0.15, -0.1) is 10.2 Å². The van der Waals surface area contributed by atoms with Crippen LogP contribution in [0, 0.1) is 12.7 Å². The Morgan fingerprint density at radius 2 is 1.91 bits per heavy atom. The van der Waals surface area contributed by atoms with Crippen LogP contribution in [0.4, 0.5) is 19.0 Å². The van der Waals surface area contributed by atoms with Crippen molar-refractivity contribution in [2.75, 3.05) is 18.5 Å². The van der Waals surface area contributed by atoms with Crippen LogP contribution < -0.4 is 14.8 Å². The molecular weight excluding hydrogens is 435 g/mol. The fourth-order valence-corrected chi connectivity index (χ4v) is 4.55. The van der Waals surface area contributed by atoms with E-state index in [2.05, 4.69) is 20.5 Å². The van der Waals surface area contributed by atoms with Crippen molar-refractivity contribution in [2.45, 2.75) is 25.8 Å². The van der Waals surface area contributed by atoms with Gasteiger partial charge in [0.05, 0.1) is 19.1 Å². The normalized spacial score (nSPS) is 16.8. The molecule has 7 nitrogen and oxygen atoms in total. The average molecular weight is 453 g/mol. The quantitative estimate of drug-likeness (QED) is 0.476. The predicted molar refractivity (Wildman–Crippen MR) is 113 cm³/mol. The van der Waals surface area contributed by atoms with Crippen LogP contribution in [0.3, 0.4) is 0 Å². The van der Waals surface area contributed by atoms with Crippen molar-refractivity contribution >= 4 is 11.5 Å². The monoisotopic (exact) mass is 453 g/mol. The summed E-state index contributed by atoms with van der Waals surface area (Å²) in [6.07, 6.45) is -1.30. The van der Waals surface area contributed by atoms with E-state index >= 15 is 0 Å². The zero-order valence-corrected chi connectivity index (χ0v) is 17.5. The largest absolute Gasteiger partial charge is 0.493 e. The minimum atomic E-state index is -2.77. The molecule has 0 saturated heterocycles. The van der Waals surface area contributed by atoms with Crippen LogP contribution in [-0.4, -0.2) is 32.8 Å². The highest BCUT2D eigenvalue weighted by Crippen LogP contribution is 2.42. The maximum atomic E-state index is 14.7. The lowest BCUT2D eigenvalue weighted by Crippen LogP contribution is -2.13. The molecule has 0 saturated carbocycles. The summed E-state index contributed by atoms with van der Waals surface area (Å²) in [6, 6.07) is 7.96. The van der Waals surface area contributed by atoms with Gasteiger partial charge in [-0.05, 0) is 31.2 Å². The first-order chi connectivity index (χ1) is 16.0. The van der Waals surface area contributed by atoms with E-state index in [4.69, 9.17) is 9.47 Å². The van der Waals surface area contributed by atoms with E-state index in [1.165, 1.54) is 12.4 Å². The van der Waals surface area contributed by atoms with Crippen LogP contribution in [0.25, 0.3) is 16.8 Å². The van der Waals surface area contributed by atoms with E-state index in [-0.39, 0.29) is 36.1 Å². The Kier molecular flexibility index (Phi) is 4.42. The molecule has 2 aliphatic heterocycles. The number of aryl methyl sites for hydroxylation is 1. The van der Waals surface area contributed by atoms with E-state index in [0.29, 0.717) is 46.4 Å². The Morgan fingerprint density at radius 3 is 2.73 bits per heavy atom. The van der Waals surface area contributed by atoms with Crippen molar-refractivity contribution in [3.63, 3.8) is 0 Å². The number of hydrogen-bond acceptors (Lipinski definition) is 6. The summed E-state index contributed by atoms with van der Waals surface area (Å²) in [6.45, 7) is 2.46. The van der Waals surface area contributed by atoms with Gasteiger partial charge in [0.1, 0.15) is 23.6 Å². The maximum absolute atomic E-state index is 14.7. The molecule has 1 atom stereocenters. The second-order valence-electron chi connectivity index (χ2n) is 8.09. The molecule has 4 aromatic rings. The van der Waals surface area contributed by atoms with Crippen LogP contribution in [0.5, 0.6) is 11.5 Å². The first-order valence-electron chi connectivity index (χ1n) is 10.4. The smallest absolute Gasteiger partial charge is 0.280 e. The number of benzene rings is 1. The summed E-state index contributed by atoms with van der Waals surface area (Å²) in [4.78, 5) is 4.05. The summed E-state index contributed by atoms with van der Waals surface area (Å²) in [7, 11) is 0. The third kappa shape index (κ3) is 3.08. The Labute approximate surface area is 186 Å². The van der Waals surface area contributed by atoms with Crippen LogP contribution in [0.15, 0.2) is 36.7 Å². The summed E-state index contributed by atoms with van der Waals surface area (Å²) in [5.74, 6) is 1.09. The molecule has 2 aliphatic rings. The number of nitrogens with zero attached hydrogens (tertiary/aromatic N) is 4. The third-order valence-corrected chi connectivity index (χ3v) is 6.08. The standard InChI is InChI=1S/C23H18F3N5O2/c1-11-2-3-13(20(29-11)21(25)26)14-6-18-23(31-10-28-30-22(14)31)27-7-15-16(24)4-5-17-19(15)12(8-32-17)9-33-18/h2-6,10,12,21,27H,7-9H2,1H3/t12-/m1/s1. The van der Waals surface area contributed by atoms with Gasteiger partial charge in [0.25, 0.3) is 6.43 Å². The molecule has 10 heteroatoms. The molecule has 0 unspecified atom stereocenters. The van der Waals surface area contributed by atoms with Crippen molar-refractivity contribution in [3.05, 3.63) is 65.0 Å². The number of pyridine rings is 2. The van der Waals surface area contributed by atoms with Gasteiger partial charge < -0.3 is 14.8 Å². The SMILES string of the molecule is Cc1ccc(-c2cc3c(n4cnnc24)NCc2c(F)ccc4c2[C@H](CO4)CO3)c(C(F)F)n1. The van der Waals surface area contributed by atoms with Crippen LogP contribution in [0.2, 0.25) is 0 Å². The lowest BCUT2D eigenvalue weighted by molar-refractivity contribution is 0.146. The first kappa shape index (κ1) is 19.8. The van der Waals surface area contributed by atoms with Crippen molar-refractivity contribution in [2.24, 2.45) is 0 Å². The molecular formula is C23H18F3N5O2. The molecule has 168 valence electrons. The molecule has 0 fully saturated rings. The number of hydrogen-bond donors (Lipinski definition) is 1. The molecule has 1 N–H and O–H groups in total. The molecule has 33 heavy (non-hydrogen) atoms. The highest BCUT2D eigenvalue weighted by Gasteiger charge is 2.32. The second kappa shape index (κ2) is 7.36. The van der Waals surface area contributed by atoms with Gasteiger partial charge >= 0.3 is 0 Å². The van der Waals surface area contributed by atoms with Gasteiger partial charge in [-0.3, -0.25) is 9.38 Å².